The first kappa shape index (κ1) is 22.8. The third-order valence-electron chi connectivity index (χ3n) is 5.25. The molecule has 0 bridgehead atoms. The van der Waals surface area contributed by atoms with Gasteiger partial charge in [-0.15, -0.1) is 0 Å². The summed E-state index contributed by atoms with van der Waals surface area (Å²) in [4.78, 5) is 17.3. The number of carbonyl (C=O) groups is 1. The van der Waals surface area contributed by atoms with E-state index in [0.29, 0.717) is 26.0 Å². The van der Waals surface area contributed by atoms with Gasteiger partial charge in [-0.1, -0.05) is 25.9 Å². The summed E-state index contributed by atoms with van der Waals surface area (Å²) in [7, 11) is -1.83. The summed E-state index contributed by atoms with van der Waals surface area (Å²) >= 11 is 0. The molecule has 7 nitrogen and oxygen atoms in total. The smallest absolute Gasteiger partial charge is 0.410 e. The van der Waals surface area contributed by atoms with Crippen LogP contribution in [0.25, 0.3) is 10.4 Å². The zero-order valence-electron chi connectivity index (χ0n) is 17.7. The Morgan fingerprint density at radius 1 is 1.27 bits per heavy atom. The Bertz CT molecular complexity index is 534. The fourth-order valence-corrected chi connectivity index (χ4v) is 3.77. The fraction of sp³-hybridized carbons (Fsp3) is 0.944. The third kappa shape index (κ3) is 6.82. The number of piperidine rings is 1. The first-order valence-corrected chi connectivity index (χ1v) is 12.4. The minimum atomic E-state index is -1.83. The Hall–Kier alpha value is -1.24. The predicted octanol–water partition coefficient (Wildman–Crippen LogP) is 5.48. The quantitative estimate of drug-likeness (QED) is 0.272. The molecule has 1 fully saturated rings. The van der Waals surface area contributed by atoms with Crippen molar-refractivity contribution in [2.75, 3.05) is 13.2 Å². The zero-order chi connectivity index (χ0) is 20.2. The molecule has 0 aromatic carbocycles. The normalized spacial score (nSPS) is 21.9. The second kappa shape index (κ2) is 8.63. The summed E-state index contributed by atoms with van der Waals surface area (Å²) in [6.07, 6.45) is 1.75. The highest BCUT2D eigenvalue weighted by Gasteiger charge is 2.38. The molecule has 2 atom stereocenters. The molecule has 1 amide bonds. The highest BCUT2D eigenvalue weighted by Crippen LogP contribution is 2.37. The monoisotopic (exact) mass is 384 g/mol. The average Bonchev–Trinajstić information content (AvgIpc) is 2.44. The highest BCUT2D eigenvalue weighted by atomic mass is 28.4. The van der Waals surface area contributed by atoms with Crippen LogP contribution < -0.4 is 0 Å². The molecule has 1 saturated heterocycles. The summed E-state index contributed by atoms with van der Waals surface area (Å²) in [5, 5.41) is 4.02. The van der Waals surface area contributed by atoms with Crippen molar-refractivity contribution in [2.24, 2.45) is 5.11 Å². The third-order valence-corrected chi connectivity index (χ3v) is 9.79. The molecular formula is C18H36N4O3Si. The lowest BCUT2D eigenvalue weighted by molar-refractivity contribution is 0.00561. The van der Waals surface area contributed by atoms with Crippen molar-refractivity contribution in [1.82, 2.24) is 4.90 Å². The molecule has 0 N–H and O–H groups in total. The molecule has 0 unspecified atom stereocenters. The summed E-state index contributed by atoms with van der Waals surface area (Å²) in [6, 6.07) is -0.101. The van der Waals surface area contributed by atoms with Crippen LogP contribution in [0.15, 0.2) is 5.11 Å². The lowest BCUT2D eigenvalue weighted by Gasteiger charge is -2.40. The van der Waals surface area contributed by atoms with E-state index in [-0.39, 0.29) is 23.2 Å². The number of rotatable bonds is 5. The number of azide groups is 1. The van der Waals surface area contributed by atoms with Gasteiger partial charge in [0.1, 0.15) is 5.60 Å². The van der Waals surface area contributed by atoms with Crippen LogP contribution in [0.3, 0.4) is 0 Å². The van der Waals surface area contributed by atoms with Gasteiger partial charge in [-0.3, -0.25) is 0 Å². The zero-order valence-corrected chi connectivity index (χ0v) is 18.7. The van der Waals surface area contributed by atoms with Crippen molar-refractivity contribution in [3.8, 4) is 0 Å². The van der Waals surface area contributed by atoms with Gasteiger partial charge in [0, 0.05) is 30.1 Å². The molecule has 1 heterocycles. The van der Waals surface area contributed by atoms with Crippen LogP contribution >= 0.6 is 0 Å². The first-order valence-electron chi connectivity index (χ1n) is 9.44. The van der Waals surface area contributed by atoms with Crippen molar-refractivity contribution in [3.63, 3.8) is 0 Å². The van der Waals surface area contributed by atoms with Crippen LogP contribution in [0.4, 0.5) is 4.79 Å². The number of amides is 1. The summed E-state index contributed by atoms with van der Waals surface area (Å²) in [5.41, 5.74) is 8.21. The molecule has 1 rings (SSSR count). The summed E-state index contributed by atoms with van der Waals surface area (Å²) in [5.74, 6) is 0. The molecule has 1 aliphatic rings. The molecule has 1 aliphatic heterocycles. The highest BCUT2D eigenvalue weighted by molar-refractivity contribution is 6.74. The van der Waals surface area contributed by atoms with E-state index in [1.54, 1.807) is 4.90 Å². The van der Waals surface area contributed by atoms with Crippen LogP contribution in [0.2, 0.25) is 18.1 Å². The van der Waals surface area contributed by atoms with Crippen LogP contribution in [-0.4, -0.2) is 50.1 Å². The van der Waals surface area contributed by atoms with Crippen molar-refractivity contribution >= 4 is 14.4 Å². The Labute approximate surface area is 159 Å². The number of carbonyl (C=O) groups excluding carboxylic acids is 1. The van der Waals surface area contributed by atoms with Crippen molar-refractivity contribution < 1.29 is 14.0 Å². The van der Waals surface area contributed by atoms with Gasteiger partial charge in [-0.05, 0) is 63.7 Å². The number of likely N-dealkylation sites (tertiary alicyclic amines) is 1. The van der Waals surface area contributed by atoms with E-state index in [4.69, 9.17) is 14.7 Å². The van der Waals surface area contributed by atoms with E-state index in [1.165, 1.54) is 0 Å². The Morgan fingerprint density at radius 3 is 2.38 bits per heavy atom. The molecule has 0 radical (unpaired) electrons. The largest absolute Gasteiger partial charge is 0.444 e. The van der Waals surface area contributed by atoms with E-state index in [9.17, 15) is 4.79 Å². The van der Waals surface area contributed by atoms with Crippen LogP contribution in [0.1, 0.15) is 60.8 Å². The minimum absolute atomic E-state index is 0.0288. The molecule has 26 heavy (non-hydrogen) atoms. The number of hydrogen-bond donors (Lipinski definition) is 0. The maximum atomic E-state index is 12.6. The lowest BCUT2D eigenvalue weighted by Crippen LogP contribution is -2.50. The van der Waals surface area contributed by atoms with Gasteiger partial charge < -0.3 is 14.1 Å². The Balaban J connectivity index is 2.78. The number of ether oxygens (including phenoxy) is 1. The van der Waals surface area contributed by atoms with Gasteiger partial charge in [-0.25, -0.2) is 4.79 Å². The molecule has 150 valence electrons. The fourth-order valence-electron chi connectivity index (χ4n) is 2.71. The molecular weight excluding hydrogens is 348 g/mol. The van der Waals surface area contributed by atoms with E-state index >= 15 is 0 Å². The standard InChI is InChI=1S/C18H36N4O3Si/c1-17(2,3)25-16(23)22-11-9-14(20-21-19)13-15(22)10-12-24-26(7,8)18(4,5)6/h14-15H,9-13H2,1-8H3/t14-,15+/m0/s1. The minimum Gasteiger partial charge on any atom is -0.444 e. The molecule has 0 spiro atoms. The SMILES string of the molecule is CC(C)(C)OC(=O)N1CC[C@H](N=[N+]=[N-])C[C@H]1CCO[Si](C)(C)C(C)(C)C. The molecule has 0 aromatic rings. The van der Waals surface area contributed by atoms with Gasteiger partial charge in [0.15, 0.2) is 8.32 Å². The average molecular weight is 385 g/mol. The van der Waals surface area contributed by atoms with Gasteiger partial charge in [-0.2, -0.15) is 0 Å². The second-order valence-corrected chi connectivity index (χ2v) is 14.4. The molecule has 0 saturated carbocycles. The Kier molecular flexibility index (Phi) is 7.57. The van der Waals surface area contributed by atoms with Crippen LogP contribution in [0, 0.1) is 0 Å². The summed E-state index contributed by atoms with van der Waals surface area (Å²) in [6.45, 7) is 17.8. The Morgan fingerprint density at radius 2 is 1.88 bits per heavy atom. The van der Waals surface area contributed by atoms with E-state index in [0.717, 1.165) is 6.42 Å². The second-order valence-electron chi connectivity index (χ2n) is 9.61. The molecule has 0 aliphatic carbocycles. The van der Waals surface area contributed by atoms with E-state index in [2.05, 4.69) is 43.9 Å². The maximum absolute atomic E-state index is 12.6. The van der Waals surface area contributed by atoms with E-state index in [1.807, 2.05) is 20.8 Å². The van der Waals surface area contributed by atoms with Crippen molar-refractivity contribution in [3.05, 3.63) is 10.4 Å². The number of hydrogen-bond acceptors (Lipinski definition) is 4. The molecule has 0 aromatic heterocycles. The summed E-state index contributed by atoms with van der Waals surface area (Å²) < 4.78 is 11.8. The first-order chi connectivity index (χ1) is 11.8. The van der Waals surface area contributed by atoms with E-state index < -0.39 is 13.9 Å². The predicted molar refractivity (Wildman–Crippen MR) is 107 cm³/mol. The van der Waals surface area contributed by atoms with Gasteiger partial charge in [0.2, 0.25) is 0 Å². The van der Waals surface area contributed by atoms with Crippen LogP contribution in [0.5, 0.6) is 0 Å². The topological polar surface area (TPSA) is 87.5 Å². The van der Waals surface area contributed by atoms with Gasteiger partial charge >= 0.3 is 6.09 Å². The lowest BCUT2D eigenvalue weighted by atomic mass is 9.96. The maximum Gasteiger partial charge on any atom is 0.410 e. The van der Waals surface area contributed by atoms with Crippen molar-refractivity contribution in [1.29, 1.82) is 0 Å². The van der Waals surface area contributed by atoms with Gasteiger partial charge in [0.05, 0.1) is 0 Å². The van der Waals surface area contributed by atoms with Crippen molar-refractivity contribution in [2.45, 2.75) is 96.6 Å². The van der Waals surface area contributed by atoms with Crippen LogP contribution in [-0.2, 0) is 9.16 Å². The van der Waals surface area contributed by atoms with Gasteiger partial charge in [0.25, 0.3) is 0 Å². The molecule has 8 heteroatoms. The number of nitrogens with zero attached hydrogens (tertiary/aromatic N) is 4.